The third-order valence-corrected chi connectivity index (χ3v) is 2.12. The Morgan fingerprint density at radius 1 is 1.50 bits per heavy atom. The summed E-state index contributed by atoms with van der Waals surface area (Å²) in [4.78, 5) is 26.3. The van der Waals surface area contributed by atoms with Gasteiger partial charge in [0, 0.05) is 6.92 Å². The number of amides is 1. The van der Waals surface area contributed by atoms with E-state index in [9.17, 15) is 9.59 Å². The number of oxazole rings is 1. The van der Waals surface area contributed by atoms with Gasteiger partial charge in [-0.15, -0.1) is 0 Å². The highest BCUT2D eigenvalue weighted by molar-refractivity contribution is 5.95. The van der Waals surface area contributed by atoms with Crippen LogP contribution in [0.15, 0.2) is 4.42 Å². The van der Waals surface area contributed by atoms with Crippen LogP contribution in [0.2, 0.25) is 0 Å². The Morgan fingerprint density at radius 2 is 2.12 bits per heavy atom. The van der Waals surface area contributed by atoms with E-state index in [4.69, 9.17) is 9.52 Å². The van der Waals surface area contributed by atoms with E-state index in [-0.39, 0.29) is 5.76 Å². The molecule has 1 amide bonds. The molecule has 1 heterocycles. The first-order chi connectivity index (χ1) is 7.45. The highest BCUT2D eigenvalue weighted by Gasteiger charge is 2.22. The fourth-order valence-corrected chi connectivity index (χ4v) is 1.30. The lowest BCUT2D eigenvalue weighted by molar-refractivity contribution is -0.139. The number of aromatic nitrogens is 1. The van der Waals surface area contributed by atoms with E-state index < -0.39 is 17.9 Å². The molecule has 0 unspecified atom stereocenters. The lowest BCUT2D eigenvalue weighted by atomic mass is 10.2. The zero-order valence-electron chi connectivity index (χ0n) is 9.40. The van der Waals surface area contributed by atoms with Gasteiger partial charge in [0.1, 0.15) is 6.04 Å². The van der Waals surface area contributed by atoms with Crippen LogP contribution < -0.4 is 5.32 Å². The van der Waals surface area contributed by atoms with Gasteiger partial charge in [0.05, 0.1) is 5.69 Å². The van der Waals surface area contributed by atoms with Crippen molar-refractivity contribution in [2.75, 3.05) is 0 Å². The number of nitrogens with one attached hydrogen (secondary N) is 1. The maximum Gasteiger partial charge on any atom is 0.326 e. The minimum Gasteiger partial charge on any atom is -0.480 e. The van der Waals surface area contributed by atoms with Gasteiger partial charge in [-0.2, -0.15) is 0 Å². The Hall–Kier alpha value is -1.85. The number of carbonyl (C=O) groups is 2. The van der Waals surface area contributed by atoms with Crippen LogP contribution in [0.3, 0.4) is 0 Å². The molecule has 0 aliphatic heterocycles. The van der Waals surface area contributed by atoms with Gasteiger partial charge in [0.2, 0.25) is 5.76 Å². The maximum absolute atomic E-state index is 11.6. The van der Waals surface area contributed by atoms with Crippen LogP contribution >= 0.6 is 0 Å². The van der Waals surface area contributed by atoms with E-state index in [2.05, 4.69) is 10.3 Å². The summed E-state index contributed by atoms with van der Waals surface area (Å²) in [6.07, 6.45) is 0.313. The van der Waals surface area contributed by atoms with Gasteiger partial charge in [0.25, 0.3) is 5.91 Å². The zero-order valence-corrected chi connectivity index (χ0v) is 9.40. The third-order valence-electron chi connectivity index (χ3n) is 2.12. The molecule has 0 saturated carbocycles. The summed E-state index contributed by atoms with van der Waals surface area (Å²) in [5.74, 6) is -1.17. The Morgan fingerprint density at radius 3 is 2.50 bits per heavy atom. The Balaban J connectivity index is 2.79. The Labute approximate surface area is 92.7 Å². The molecule has 0 saturated heterocycles. The second-order valence-electron chi connectivity index (χ2n) is 3.42. The van der Waals surface area contributed by atoms with Crippen molar-refractivity contribution < 1.29 is 19.1 Å². The average molecular weight is 226 g/mol. The summed E-state index contributed by atoms with van der Waals surface area (Å²) in [5, 5.41) is 11.1. The molecule has 88 valence electrons. The quantitative estimate of drug-likeness (QED) is 0.795. The number of carboxylic acid groups (broad SMARTS) is 1. The number of aliphatic carboxylic acids is 1. The van der Waals surface area contributed by atoms with E-state index in [0.717, 1.165) is 0 Å². The predicted molar refractivity (Wildman–Crippen MR) is 55.2 cm³/mol. The number of carbonyl (C=O) groups excluding carboxylic acids is 1. The Bertz CT molecular complexity index is 411. The molecule has 0 fully saturated rings. The Kier molecular flexibility index (Phi) is 3.65. The third kappa shape index (κ3) is 2.59. The summed E-state index contributed by atoms with van der Waals surface area (Å²) in [6.45, 7) is 4.93. The van der Waals surface area contributed by atoms with Crippen molar-refractivity contribution in [3.8, 4) is 0 Å². The van der Waals surface area contributed by atoms with Gasteiger partial charge in [0.15, 0.2) is 5.89 Å². The molecule has 16 heavy (non-hydrogen) atoms. The first-order valence-corrected chi connectivity index (χ1v) is 4.93. The molecule has 1 atom stereocenters. The first kappa shape index (κ1) is 12.2. The molecule has 0 aromatic carbocycles. The van der Waals surface area contributed by atoms with Crippen molar-refractivity contribution in [3.05, 3.63) is 17.3 Å². The minimum absolute atomic E-state index is 0.0669. The lowest BCUT2D eigenvalue weighted by Gasteiger charge is -2.10. The fourth-order valence-electron chi connectivity index (χ4n) is 1.30. The van der Waals surface area contributed by atoms with Crippen molar-refractivity contribution in [1.82, 2.24) is 10.3 Å². The van der Waals surface area contributed by atoms with Crippen LogP contribution in [-0.2, 0) is 4.79 Å². The van der Waals surface area contributed by atoms with Crippen LogP contribution in [0.4, 0.5) is 0 Å². The van der Waals surface area contributed by atoms with Crippen LogP contribution in [0, 0.1) is 13.8 Å². The maximum atomic E-state index is 11.6. The molecule has 1 aromatic heterocycles. The molecule has 6 heteroatoms. The largest absolute Gasteiger partial charge is 0.480 e. The molecule has 2 N–H and O–H groups in total. The summed E-state index contributed by atoms with van der Waals surface area (Å²) in [7, 11) is 0. The van der Waals surface area contributed by atoms with Gasteiger partial charge >= 0.3 is 5.97 Å². The van der Waals surface area contributed by atoms with Gasteiger partial charge in [-0.25, -0.2) is 9.78 Å². The van der Waals surface area contributed by atoms with Crippen molar-refractivity contribution in [2.24, 2.45) is 0 Å². The summed E-state index contributed by atoms with van der Waals surface area (Å²) in [5.41, 5.74) is 0.454. The molecule has 0 spiro atoms. The minimum atomic E-state index is -1.07. The van der Waals surface area contributed by atoms with Crippen LogP contribution in [0.1, 0.15) is 35.5 Å². The number of nitrogens with zero attached hydrogens (tertiary/aromatic N) is 1. The molecule has 1 aromatic rings. The summed E-state index contributed by atoms with van der Waals surface area (Å²) >= 11 is 0. The molecule has 0 radical (unpaired) electrons. The van der Waals surface area contributed by atoms with Crippen molar-refractivity contribution in [1.29, 1.82) is 0 Å². The SMILES string of the molecule is CC[C@@H](NC(=O)c1oc(C)nc1C)C(=O)O. The molecule has 6 nitrogen and oxygen atoms in total. The van der Waals surface area contributed by atoms with Gasteiger partial charge in [-0.05, 0) is 13.3 Å². The van der Waals surface area contributed by atoms with E-state index in [0.29, 0.717) is 18.0 Å². The molecule has 1 rings (SSSR count). The number of aryl methyl sites for hydroxylation is 2. The van der Waals surface area contributed by atoms with Crippen LogP contribution in [0.5, 0.6) is 0 Å². The topological polar surface area (TPSA) is 92.4 Å². The van der Waals surface area contributed by atoms with Crippen molar-refractivity contribution in [2.45, 2.75) is 33.2 Å². The number of hydrogen-bond donors (Lipinski definition) is 2. The summed E-state index contributed by atoms with van der Waals surface area (Å²) in [6, 6.07) is -0.905. The van der Waals surface area contributed by atoms with Crippen molar-refractivity contribution in [3.63, 3.8) is 0 Å². The normalized spacial score (nSPS) is 12.2. The molecular formula is C10H14N2O4. The molecule has 0 aliphatic carbocycles. The zero-order chi connectivity index (χ0) is 12.3. The smallest absolute Gasteiger partial charge is 0.326 e. The van der Waals surface area contributed by atoms with Crippen LogP contribution in [0.25, 0.3) is 0 Å². The van der Waals surface area contributed by atoms with E-state index in [1.54, 1.807) is 20.8 Å². The lowest BCUT2D eigenvalue weighted by Crippen LogP contribution is -2.40. The number of carboxylic acids is 1. The average Bonchev–Trinajstić information content (AvgIpc) is 2.53. The van der Waals surface area contributed by atoms with Gasteiger partial charge in [-0.3, -0.25) is 4.79 Å². The number of hydrogen-bond acceptors (Lipinski definition) is 4. The molecular weight excluding hydrogens is 212 g/mol. The van der Waals surface area contributed by atoms with E-state index in [1.165, 1.54) is 0 Å². The second-order valence-corrected chi connectivity index (χ2v) is 3.42. The first-order valence-electron chi connectivity index (χ1n) is 4.93. The monoisotopic (exact) mass is 226 g/mol. The van der Waals surface area contributed by atoms with Gasteiger partial charge < -0.3 is 14.8 Å². The molecule has 0 aliphatic rings. The molecule has 0 bridgehead atoms. The van der Waals surface area contributed by atoms with Crippen molar-refractivity contribution >= 4 is 11.9 Å². The van der Waals surface area contributed by atoms with E-state index in [1.807, 2.05) is 0 Å². The standard InChI is InChI=1S/C10H14N2O4/c1-4-7(10(14)15)12-9(13)8-5(2)11-6(3)16-8/h7H,4H2,1-3H3,(H,12,13)(H,14,15)/t7-/m1/s1. The summed E-state index contributed by atoms with van der Waals surface area (Å²) < 4.78 is 5.09. The van der Waals surface area contributed by atoms with Crippen LogP contribution in [-0.4, -0.2) is 28.0 Å². The van der Waals surface area contributed by atoms with Gasteiger partial charge in [-0.1, -0.05) is 6.92 Å². The predicted octanol–water partition coefficient (Wildman–Crippen LogP) is 0.884. The highest BCUT2D eigenvalue weighted by atomic mass is 16.4. The number of rotatable bonds is 4. The second kappa shape index (κ2) is 4.78. The highest BCUT2D eigenvalue weighted by Crippen LogP contribution is 2.09. The fraction of sp³-hybridized carbons (Fsp3) is 0.500. The van der Waals surface area contributed by atoms with E-state index >= 15 is 0 Å².